The minimum atomic E-state index is -0.356. The van der Waals surface area contributed by atoms with Crippen LogP contribution in [0.2, 0.25) is 0 Å². The molecule has 0 N–H and O–H groups in total. The fourth-order valence-corrected chi connectivity index (χ4v) is 3.43. The summed E-state index contributed by atoms with van der Waals surface area (Å²) in [6, 6.07) is 7.96. The summed E-state index contributed by atoms with van der Waals surface area (Å²) in [6.07, 6.45) is 2.31. The smallest absolute Gasteiger partial charge is 0.227 e. The lowest BCUT2D eigenvalue weighted by Crippen LogP contribution is -2.47. The highest BCUT2D eigenvalue weighted by Crippen LogP contribution is 2.24. The molecule has 0 radical (unpaired) electrons. The van der Waals surface area contributed by atoms with E-state index in [2.05, 4.69) is 0 Å². The second-order valence-electron chi connectivity index (χ2n) is 8.54. The quantitative estimate of drug-likeness (QED) is 0.716. The molecule has 2 rings (SSSR count). The van der Waals surface area contributed by atoms with Crippen molar-refractivity contribution in [2.45, 2.75) is 47.0 Å². The maximum Gasteiger partial charge on any atom is 0.227 e. The summed E-state index contributed by atoms with van der Waals surface area (Å²) in [5.74, 6) is 1.29. The summed E-state index contributed by atoms with van der Waals surface area (Å²) in [5.41, 5.74) is 0.767. The van der Waals surface area contributed by atoms with Crippen LogP contribution in [-0.4, -0.2) is 54.9 Å². The van der Waals surface area contributed by atoms with Gasteiger partial charge in [0.1, 0.15) is 5.75 Å². The Balaban J connectivity index is 1.71. The summed E-state index contributed by atoms with van der Waals surface area (Å²) < 4.78 is 5.80. The number of nitrogens with zero attached hydrogens (tertiary/aromatic N) is 2. The number of piperidine rings is 1. The van der Waals surface area contributed by atoms with Crippen molar-refractivity contribution in [3.63, 3.8) is 0 Å². The van der Waals surface area contributed by atoms with Gasteiger partial charge in [-0.05, 0) is 37.8 Å². The molecule has 5 nitrogen and oxygen atoms in total. The summed E-state index contributed by atoms with van der Waals surface area (Å²) in [6.45, 7) is 10.5. The molecular weight excluding hydrogens is 340 g/mol. The zero-order valence-corrected chi connectivity index (χ0v) is 17.5. The van der Waals surface area contributed by atoms with Crippen molar-refractivity contribution < 1.29 is 14.3 Å². The standard InChI is InChI=1S/C22H34N2O3/c1-17-9-6-7-10-19(17)27-16-8-13-23(5)20(25)18-11-14-24(15-12-18)21(26)22(2,3)4/h6-7,9-10,18H,8,11-16H2,1-5H3. The molecule has 1 heterocycles. The maximum absolute atomic E-state index is 12.7. The first-order valence-corrected chi connectivity index (χ1v) is 9.93. The first-order chi connectivity index (χ1) is 12.7. The van der Waals surface area contributed by atoms with E-state index in [9.17, 15) is 9.59 Å². The number of hydrogen-bond donors (Lipinski definition) is 0. The van der Waals surface area contributed by atoms with Crippen LogP contribution in [-0.2, 0) is 9.59 Å². The number of carbonyl (C=O) groups excluding carboxylic acids is 2. The highest BCUT2D eigenvalue weighted by molar-refractivity contribution is 5.82. The molecule has 1 aromatic carbocycles. The lowest BCUT2D eigenvalue weighted by molar-refractivity contribution is -0.144. The van der Waals surface area contributed by atoms with Crippen LogP contribution >= 0.6 is 0 Å². The Morgan fingerprint density at radius 3 is 2.41 bits per heavy atom. The number of aryl methyl sites for hydroxylation is 1. The fraction of sp³-hybridized carbons (Fsp3) is 0.636. The first kappa shape index (κ1) is 21.3. The molecule has 0 atom stereocenters. The SMILES string of the molecule is Cc1ccccc1OCCCN(C)C(=O)C1CCN(C(=O)C(C)(C)C)CC1. The maximum atomic E-state index is 12.7. The van der Waals surface area contributed by atoms with Gasteiger partial charge in [-0.15, -0.1) is 0 Å². The number of likely N-dealkylation sites (tertiary alicyclic amines) is 1. The predicted octanol–water partition coefficient (Wildman–Crippen LogP) is 3.51. The number of para-hydroxylation sites is 1. The van der Waals surface area contributed by atoms with Crippen molar-refractivity contribution in [2.24, 2.45) is 11.3 Å². The molecule has 1 fully saturated rings. The molecule has 5 heteroatoms. The van der Waals surface area contributed by atoms with E-state index in [1.165, 1.54) is 0 Å². The van der Waals surface area contributed by atoms with Crippen molar-refractivity contribution >= 4 is 11.8 Å². The van der Waals surface area contributed by atoms with Gasteiger partial charge in [0.15, 0.2) is 0 Å². The van der Waals surface area contributed by atoms with Gasteiger partial charge in [0.05, 0.1) is 6.61 Å². The molecule has 0 spiro atoms. The van der Waals surface area contributed by atoms with Crippen LogP contribution in [0.5, 0.6) is 5.75 Å². The van der Waals surface area contributed by atoms with Crippen LogP contribution in [0.1, 0.15) is 45.6 Å². The molecule has 1 aliphatic rings. The molecular formula is C22H34N2O3. The average molecular weight is 375 g/mol. The van der Waals surface area contributed by atoms with Gasteiger partial charge >= 0.3 is 0 Å². The normalized spacial score (nSPS) is 15.5. The second-order valence-corrected chi connectivity index (χ2v) is 8.54. The summed E-state index contributed by atoms with van der Waals surface area (Å²) in [7, 11) is 1.86. The Hall–Kier alpha value is -2.04. The molecule has 1 aromatic rings. The van der Waals surface area contributed by atoms with Gasteiger partial charge in [0, 0.05) is 38.0 Å². The zero-order valence-electron chi connectivity index (χ0n) is 17.5. The number of hydrogen-bond acceptors (Lipinski definition) is 3. The molecule has 0 aromatic heterocycles. The van der Waals surface area contributed by atoms with Gasteiger partial charge in [0.2, 0.25) is 11.8 Å². The van der Waals surface area contributed by atoms with Crippen molar-refractivity contribution in [1.29, 1.82) is 0 Å². The summed E-state index contributed by atoms with van der Waals surface area (Å²) in [5, 5.41) is 0. The molecule has 1 saturated heterocycles. The molecule has 0 bridgehead atoms. The van der Waals surface area contributed by atoms with Crippen LogP contribution in [0.3, 0.4) is 0 Å². The Kier molecular flexibility index (Phi) is 7.28. The van der Waals surface area contributed by atoms with Crippen molar-refractivity contribution in [2.75, 3.05) is 33.3 Å². The van der Waals surface area contributed by atoms with E-state index >= 15 is 0 Å². The lowest BCUT2D eigenvalue weighted by atomic mass is 9.90. The van der Waals surface area contributed by atoms with E-state index < -0.39 is 0 Å². The van der Waals surface area contributed by atoms with E-state index in [0.29, 0.717) is 26.2 Å². The second kappa shape index (κ2) is 9.25. The van der Waals surface area contributed by atoms with Crippen molar-refractivity contribution in [3.8, 4) is 5.75 Å². The molecule has 0 aliphatic carbocycles. The fourth-order valence-electron chi connectivity index (χ4n) is 3.43. The topological polar surface area (TPSA) is 49.9 Å². The monoisotopic (exact) mass is 374 g/mol. The van der Waals surface area contributed by atoms with Gasteiger partial charge in [0.25, 0.3) is 0 Å². The third-order valence-corrected chi connectivity index (χ3v) is 5.14. The van der Waals surface area contributed by atoms with Gasteiger partial charge < -0.3 is 14.5 Å². The van der Waals surface area contributed by atoms with Gasteiger partial charge in [-0.25, -0.2) is 0 Å². The minimum absolute atomic E-state index is 0.0244. The third-order valence-electron chi connectivity index (χ3n) is 5.14. The zero-order chi connectivity index (χ0) is 20.0. The number of amides is 2. The summed E-state index contributed by atoms with van der Waals surface area (Å²) >= 11 is 0. The Labute approximate surface area is 163 Å². The van der Waals surface area contributed by atoms with Crippen LogP contribution < -0.4 is 4.74 Å². The van der Waals surface area contributed by atoms with E-state index in [1.54, 1.807) is 0 Å². The molecule has 150 valence electrons. The predicted molar refractivity (Wildman–Crippen MR) is 108 cm³/mol. The molecule has 0 saturated carbocycles. The highest BCUT2D eigenvalue weighted by atomic mass is 16.5. The number of carbonyl (C=O) groups is 2. The average Bonchev–Trinajstić information content (AvgIpc) is 2.64. The Morgan fingerprint density at radius 2 is 1.81 bits per heavy atom. The largest absolute Gasteiger partial charge is 0.493 e. The van der Waals surface area contributed by atoms with Crippen LogP contribution in [0.15, 0.2) is 24.3 Å². The van der Waals surface area contributed by atoms with Gasteiger partial charge in [-0.2, -0.15) is 0 Å². The Bertz CT molecular complexity index is 643. The van der Waals surface area contributed by atoms with E-state index in [0.717, 1.165) is 30.6 Å². The molecule has 27 heavy (non-hydrogen) atoms. The van der Waals surface area contributed by atoms with E-state index in [1.807, 2.05) is 68.8 Å². The van der Waals surface area contributed by atoms with Crippen molar-refractivity contribution in [3.05, 3.63) is 29.8 Å². The minimum Gasteiger partial charge on any atom is -0.493 e. The number of rotatable bonds is 6. The van der Waals surface area contributed by atoms with Crippen LogP contribution in [0, 0.1) is 18.3 Å². The number of ether oxygens (including phenoxy) is 1. The third kappa shape index (κ3) is 5.98. The van der Waals surface area contributed by atoms with E-state index in [-0.39, 0.29) is 23.1 Å². The van der Waals surface area contributed by atoms with Gasteiger partial charge in [-0.1, -0.05) is 39.0 Å². The van der Waals surface area contributed by atoms with Crippen LogP contribution in [0.4, 0.5) is 0 Å². The Morgan fingerprint density at radius 1 is 1.19 bits per heavy atom. The molecule has 0 unspecified atom stereocenters. The van der Waals surface area contributed by atoms with Crippen molar-refractivity contribution in [1.82, 2.24) is 9.80 Å². The number of benzene rings is 1. The lowest BCUT2D eigenvalue weighted by Gasteiger charge is -2.36. The first-order valence-electron chi connectivity index (χ1n) is 9.93. The van der Waals surface area contributed by atoms with Crippen LogP contribution in [0.25, 0.3) is 0 Å². The van der Waals surface area contributed by atoms with Gasteiger partial charge in [-0.3, -0.25) is 9.59 Å². The summed E-state index contributed by atoms with van der Waals surface area (Å²) in [4.78, 5) is 28.7. The molecule has 2 amide bonds. The molecule has 1 aliphatic heterocycles. The van der Waals surface area contributed by atoms with E-state index in [4.69, 9.17) is 4.74 Å². The highest BCUT2D eigenvalue weighted by Gasteiger charge is 2.33.